The minimum atomic E-state index is -1.32. The molecule has 0 saturated heterocycles. The van der Waals surface area contributed by atoms with Gasteiger partial charge in [-0.2, -0.15) is 0 Å². The van der Waals surface area contributed by atoms with Crippen molar-refractivity contribution in [2.45, 2.75) is 0 Å². The van der Waals surface area contributed by atoms with Crippen molar-refractivity contribution < 1.29 is 9.90 Å². The highest BCUT2D eigenvalue weighted by molar-refractivity contribution is 5.86. The standard InChI is InChI=1S/C15H11N5O3/c21-14-12(15(22)23)8-16-13(17-14)7-6-10-9-20(19-18-10)11-4-2-1-3-5-11/h1-9H,(H,22,23)(H,16,17,21)/b7-6+. The quantitative estimate of drug-likeness (QED) is 0.749. The Balaban J connectivity index is 1.81. The summed E-state index contributed by atoms with van der Waals surface area (Å²) < 4.78 is 1.61. The van der Waals surface area contributed by atoms with E-state index in [0.717, 1.165) is 11.9 Å². The molecule has 0 aliphatic carbocycles. The second-order valence-corrected chi connectivity index (χ2v) is 4.57. The molecule has 1 aromatic carbocycles. The maximum Gasteiger partial charge on any atom is 0.342 e. The molecule has 2 N–H and O–H groups in total. The van der Waals surface area contributed by atoms with Gasteiger partial charge in [-0.25, -0.2) is 14.5 Å². The van der Waals surface area contributed by atoms with Gasteiger partial charge in [0.1, 0.15) is 17.1 Å². The van der Waals surface area contributed by atoms with Gasteiger partial charge in [-0.3, -0.25) is 4.79 Å². The summed E-state index contributed by atoms with van der Waals surface area (Å²) in [6.07, 6.45) is 5.87. The minimum Gasteiger partial charge on any atom is -0.477 e. The summed E-state index contributed by atoms with van der Waals surface area (Å²) in [7, 11) is 0. The number of rotatable bonds is 4. The number of hydrogen-bond acceptors (Lipinski definition) is 5. The van der Waals surface area contributed by atoms with E-state index in [9.17, 15) is 9.59 Å². The molecule has 0 aliphatic heterocycles. The molecule has 0 spiro atoms. The first-order valence-electron chi connectivity index (χ1n) is 6.62. The maximum absolute atomic E-state index is 11.5. The lowest BCUT2D eigenvalue weighted by Gasteiger charge is -1.96. The van der Waals surface area contributed by atoms with E-state index >= 15 is 0 Å². The number of carboxylic acid groups (broad SMARTS) is 1. The molecule has 2 aromatic heterocycles. The first-order chi connectivity index (χ1) is 11.1. The molecule has 23 heavy (non-hydrogen) atoms. The van der Waals surface area contributed by atoms with E-state index in [-0.39, 0.29) is 5.82 Å². The van der Waals surface area contributed by atoms with Gasteiger partial charge in [-0.05, 0) is 24.3 Å². The third kappa shape index (κ3) is 3.21. The van der Waals surface area contributed by atoms with Gasteiger partial charge in [-0.1, -0.05) is 23.4 Å². The maximum atomic E-state index is 11.5. The minimum absolute atomic E-state index is 0.231. The first kappa shape index (κ1) is 14.4. The molecule has 114 valence electrons. The number of hydrogen-bond donors (Lipinski definition) is 2. The van der Waals surface area contributed by atoms with Crippen molar-refractivity contribution in [3.63, 3.8) is 0 Å². The van der Waals surface area contributed by atoms with Crippen LogP contribution >= 0.6 is 0 Å². The van der Waals surface area contributed by atoms with Crippen LogP contribution in [0.15, 0.2) is 47.5 Å². The molecule has 8 heteroatoms. The fourth-order valence-corrected chi connectivity index (χ4v) is 1.87. The smallest absolute Gasteiger partial charge is 0.342 e. The van der Waals surface area contributed by atoms with Gasteiger partial charge in [0.2, 0.25) is 0 Å². The van der Waals surface area contributed by atoms with E-state index in [1.165, 1.54) is 6.08 Å². The molecule has 3 aromatic rings. The lowest BCUT2D eigenvalue weighted by atomic mass is 10.3. The van der Waals surface area contributed by atoms with Gasteiger partial charge in [0, 0.05) is 6.20 Å². The number of para-hydroxylation sites is 1. The van der Waals surface area contributed by atoms with Crippen LogP contribution < -0.4 is 5.56 Å². The third-order valence-electron chi connectivity index (χ3n) is 2.99. The van der Waals surface area contributed by atoms with Gasteiger partial charge >= 0.3 is 5.97 Å². The number of H-pyrrole nitrogens is 1. The Kier molecular flexibility index (Phi) is 3.79. The normalized spacial score (nSPS) is 11.0. The van der Waals surface area contributed by atoms with E-state index < -0.39 is 17.1 Å². The Bertz CT molecular complexity index is 928. The molecule has 0 atom stereocenters. The zero-order chi connectivity index (χ0) is 16.2. The molecule has 8 nitrogen and oxygen atoms in total. The number of nitrogens with zero attached hydrogens (tertiary/aromatic N) is 4. The summed E-state index contributed by atoms with van der Waals surface area (Å²) in [5, 5.41) is 16.8. The van der Waals surface area contributed by atoms with Crippen molar-refractivity contribution in [2.75, 3.05) is 0 Å². The average molecular weight is 309 g/mol. The predicted molar refractivity (Wildman–Crippen MR) is 82.1 cm³/mol. The Labute approximate surface area is 129 Å². The van der Waals surface area contributed by atoms with Gasteiger partial charge in [0.15, 0.2) is 0 Å². The number of aromatic carboxylic acids is 1. The second kappa shape index (κ2) is 6.06. The summed E-state index contributed by atoms with van der Waals surface area (Å²) in [5.74, 6) is -1.09. The topological polar surface area (TPSA) is 114 Å². The fraction of sp³-hybridized carbons (Fsp3) is 0. The fourth-order valence-electron chi connectivity index (χ4n) is 1.87. The molecule has 0 amide bonds. The number of benzene rings is 1. The molecule has 0 radical (unpaired) electrons. The lowest BCUT2D eigenvalue weighted by molar-refractivity contribution is 0.0694. The molecule has 0 fully saturated rings. The van der Waals surface area contributed by atoms with Crippen molar-refractivity contribution in [3.05, 3.63) is 70.2 Å². The monoisotopic (exact) mass is 309 g/mol. The number of carboxylic acids is 1. The Hall–Kier alpha value is -3.55. The number of nitrogens with one attached hydrogen (secondary N) is 1. The van der Waals surface area contributed by atoms with Gasteiger partial charge in [0.25, 0.3) is 5.56 Å². The van der Waals surface area contributed by atoms with E-state index in [4.69, 9.17) is 5.11 Å². The summed E-state index contributed by atoms with van der Waals surface area (Å²) in [5.41, 5.74) is 0.327. The van der Waals surface area contributed by atoms with Crippen LogP contribution in [0.3, 0.4) is 0 Å². The summed E-state index contributed by atoms with van der Waals surface area (Å²) >= 11 is 0. The highest BCUT2D eigenvalue weighted by Gasteiger charge is 2.08. The van der Waals surface area contributed by atoms with Crippen molar-refractivity contribution in [1.82, 2.24) is 25.0 Å². The second-order valence-electron chi connectivity index (χ2n) is 4.57. The largest absolute Gasteiger partial charge is 0.477 e. The first-order valence-corrected chi connectivity index (χ1v) is 6.62. The van der Waals surface area contributed by atoms with Crippen LogP contribution in [0.4, 0.5) is 0 Å². The molecule has 0 aliphatic rings. The van der Waals surface area contributed by atoms with Crippen LogP contribution in [0.1, 0.15) is 21.9 Å². The van der Waals surface area contributed by atoms with Crippen LogP contribution in [0.25, 0.3) is 17.8 Å². The zero-order valence-corrected chi connectivity index (χ0v) is 11.7. The summed E-state index contributed by atoms with van der Waals surface area (Å²) in [4.78, 5) is 28.5. The van der Waals surface area contributed by atoms with Crippen LogP contribution in [0.2, 0.25) is 0 Å². The van der Waals surface area contributed by atoms with E-state index in [0.29, 0.717) is 5.69 Å². The highest BCUT2D eigenvalue weighted by Crippen LogP contribution is 2.07. The average Bonchev–Trinajstić information content (AvgIpc) is 3.02. The molecule has 2 heterocycles. The van der Waals surface area contributed by atoms with E-state index in [1.54, 1.807) is 17.0 Å². The van der Waals surface area contributed by atoms with Gasteiger partial charge < -0.3 is 10.1 Å². The molecule has 0 bridgehead atoms. The molecule has 0 saturated carbocycles. The zero-order valence-electron chi connectivity index (χ0n) is 11.7. The number of carbonyl (C=O) groups is 1. The van der Waals surface area contributed by atoms with Gasteiger partial charge in [0.05, 0.1) is 11.9 Å². The summed E-state index contributed by atoms with van der Waals surface area (Å²) in [6.45, 7) is 0. The van der Waals surface area contributed by atoms with Crippen LogP contribution in [0.5, 0.6) is 0 Å². The van der Waals surface area contributed by atoms with Crippen molar-refractivity contribution in [3.8, 4) is 5.69 Å². The Morgan fingerprint density at radius 2 is 2.00 bits per heavy atom. The predicted octanol–water partition coefficient (Wildman–Crippen LogP) is 1.22. The molecular weight excluding hydrogens is 298 g/mol. The van der Waals surface area contributed by atoms with E-state index in [1.807, 2.05) is 30.3 Å². The van der Waals surface area contributed by atoms with Crippen molar-refractivity contribution >= 4 is 18.1 Å². The molecule has 0 unspecified atom stereocenters. The van der Waals surface area contributed by atoms with Crippen LogP contribution in [0, 0.1) is 0 Å². The van der Waals surface area contributed by atoms with Crippen LogP contribution in [-0.2, 0) is 0 Å². The Morgan fingerprint density at radius 1 is 1.22 bits per heavy atom. The molecule has 3 rings (SSSR count). The lowest BCUT2D eigenvalue weighted by Crippen LogP contribution is -2.18. The Morgan fingerprint density at radius 3 is 2.70 bits per heavy atom. The SMILES string of the molecule is O=C(O)c1cnc(/C=C/c2cn(-c3ccccc3)nn2)[nH]c1=O. The van der Waals surface area contributed by atoms with Crippen LogP contribution in [-0.4, -0.2) is 36.0 Å². The van der Waals surface area contributed by atoms with Crippen molar-refractivity contribution in [1.29, 1.82) is 0 Å². The van der Waals surface area contributed by atoms with Gasteiger partial charge in [-0.15, -0.1) is 5.10 Å². The third-order valence-corrected chi connectivity index (χ3v) is 2.99. The number of aromatic amines is 1. The summed E-state index contributed by atoms with van der Waals surface area (Å²) in [6, 6.07) is 9.48. The highest BCUT2D eigenvalue weighted by atomic mass is 16.4. The van der Waals surface area contributed by atoms with E-state index in [2.05, 4.69) is 20.3 Å². The van der Waals surface area contributed by atoms with Crippen molar-refractivity contribution in [2.24, 2.45) is 0 Å². The molecular formula is C15H11N5O3. The number of aromatic nitrogens is 5.